The van der Waals surface area contributed by atoms with Crippen LogP contribution in [0.1, 0.15) is 12.5 Å². The molecule has 0 saturated carbocycles. The molecule has 0 aliphatic carbocycles. The Hall–Kier alpha value is -1.38. The van der Waals surface area contributed by atoms with Gasteiger partial charge in [0.05, 0.1) is 23.3 Å². The van der Waals surface area contributed by atoms with E-state index < -0.39 is 9.84 Å². The van der Waals surface area contributed by atoms with Crippen LogP contribution in [0.5, 0.6) is 0 Å². The van der Waals surface area contributed by atoms with Crippen molar-refractivity contribution in [2.24, 2.45) is 0 Å². The SMILES string of the molecule is CCS(=O)(=O)c1ccc(CCN(C)CC#N)cc1. The maximum absolute atomic E-state index is 11.6. The van der Waals surface area contributed by atoms with Gasteiger partial charge in [-0.2, -0.15) is 5.26 Å². The van der Waals surface area contributed by atoms with Crippen molar-refractivity contribution < 1.29 is 8.42 Å². The third-order valence-electron chi connectivity index (χ3n) is 2.79. The highest BCUT2D eigenvalue weighted by molar-refractivity contribution is 7.91. The molecule has 0 heterocycles. The predicted octanol–water partition coefficient (Wildman–Crippen LogP) is 1.48. The summed E-state index contributed by atoms with van der Waals surface area (Å²) in [4.78, 5) is 2.30. The standard InChI is InChI=1S/C13H18N2O2S/c1-3-18(16,17)13-6-4-12(5-7-13)8-10-15(2)11-9-14/h4-7H,3,8,10-11H2,1-2H3. The highest BCUT2D eigenvalue weighted by Gasteiger charge is 2.10. The quantitative estimate of drug-likeness (QED) is 0.732. The van der Waals surface area contributed by atoms with E-state index in [1.54, 1.807) is 19.1 Å². The highest BCUT2D eigenvalue weighted by Crippen LogP contribution is 2.12. The Balaban J connectivity index is 2.65. The first-order valence-electron chi connectivity index (χ1n) is 5.86. The van der Waals surface area contributed by atoms with Crippen LogP contribution in [-0.2, 0) is 16.3 Å². The molecule has 0 aliphatic heterocycles. The van der Waals surface area contributed by atoms with Gasteiger partial charge in [0.1, 0.15) is 0 Å². The summed E-state index contributed by atoms with van der Waals surface area (Å²) in [7, 11) is -1.22. The fraction of sp³-hybridized carbons (Fsp3) is 0.462. The second-order valence-corrected chi connectivity index (χ2v) is 6.47. The molecule has 0 aliphatic rings. The number of hydrogen-bond acceptors (Lipinski definition) is 4. The van der Waals surface area contributed by atoms with Gasteiger partial charge in [-0.25, -0.2) is 8.42 Å². The Morgan fingerprint density at radius 2 is 1.89 bits per heavy atom. The Kier molecular flexibility index (Phi) is 5.32. The third-order valence-corrected chi connectivity index (χ3v) is 4.54. The number of benzene rings is 1. The molecule has 1 aromatic carbocycles. The van der Waals surface area contributed by atoms with Crippen LogP contribution in [0.4, 0.5) is 0 Å². The molecule has 18 heavy (non-hydrogen) atoms. The lowest BCUT2D eigenvalue weighted by molar-refractivity contribution is 0.379. The van der Waals surface area contributed by atoms with Gasteiger partial charge in [0.15, 0.2) is 9.84 Å². The summed E-state index contributed by atoms with van der Waals surface area (Å²) in [5.74, 6) is 0.122. The summed E-state index contributed by atoms with van der Waals surface area (Å²) >= 11 is 0. The molecule has 0 radical (unpaired) electrons. The van der Waals surface area contributed by atoms with Crippen LogP contribution >= 0.6 is 0 Å². The van der Waals surface area contributed by atoms with E-state index in [1.165, 1.54) is 0 Å². The van der Waals surface area contributed by atoms with Gasteiger partial charge in [-0.15, -0.1) is 0 Å². The van der Waals surface area contributed by atoms with E-state index in [9.17, 15) is 8.42 Å². The summed E-state index contributed by atoms with van der Waals surface area (Å²) in [5, 5.41) is 8.53. The molecule has 0 atom stereocenters. The van der Waals surface area contributed by atoms with Crippen molar-refractivity contribution in [1.29, 1.82) is 5.26 Å². The van der Waals surface area contributed by atoms with Crippen LogP contribution in [0.25, 0.3) is 0 Å². The van der Waals surface area contributed by atoms with Gasteiger partial charge in [-0.05, 0) is 31.2 Å². The highest BCUT2D eigenvalue weighted by atomic mass is 32.2. The molecule has 0 N–H and O–H groups in total. The van der Waals surface area contributed by atoms with Crippen LogP contribution in [0.15, 0.2) is 29.2 Å². The number of sulfone groups is 1. The molecule has 0 unspecified atom stereocenters. The van der Waals surface area contributed by atoms with E-state index >= 15 is 0 Å². The van der Waals surface area contributed by atoms with Crippen molar-refractivity contribution in [1.82, 2.24) is 4.90 Å². The van der Waals surface area contributed by atoms with E-state index in [4.69, 9.17) is 5.26 Å². The molecule has 1 aromatic rings. The average molecular weight is 266 g/mol. The normalized spacial score (nSPS) is 11.4. The molecule has 0 bridgehead atoms. The van der Waals surface area contributed by atoms with Crippen molar-refractivity contribution in [2.45, 2.75) is 18.2 Å². The second kappa shape index (κ2) is 6.53. The maximum Gasteiger partial charge on any atom is 0.178 e. The molecular weight excluding hydrogens is 248 g/mol. The predicted molar refractivity (Wildman–Crippen MR) is 71.0 cm³/mol. The minimum absolute atomic E-state index is 0.122. The van der Waals surface area contributed by atoms with Gasteiger partial charge in [0.25, 0.3) is 0 Å². The Labute approximate surface area is 109 Å². The fourth-order valence-corrected chi connectivity index (χ4v) is 2.43. The zero-order valence-electron chi connectivity index (χ0n) is 10.8. The number of likely N-dealkylation sites (N-methyl/N-ethyl adjacent to an activating group) is 1. The monoisotopic (exact) mass is 266 g/mol. The molecule has 0 saturated heterocycles. The molecular formula is C13H18N2O2S. The second-order valence-electron chi connectivity index (χ2n) is 4.19. The molecule has 5 heteroatoms. The van der Waals surface area contributed by atoms with Gasteiger partial charge in [-0.1, -0.05) is 19.1 Å². The fourth-order valence-electron chi connectivity index (χ4n) is 1.55. The zero-order valence-corrected chi connectivity index (χ0v) is 11.6. The van der Waals surface area contributed by atoms with Gasteiger partial charge in [0.2, 0.25) is 0 Å². The maximum atomic E-state index is 11.6. The van der Waals surface area contributed by atoms with E-state index in [2.05, 4.69) is 6.07 Å². The number of nitrogens with zero attached hydrogens (tertiary/aromatic N) is 2. The molecule has 0 aromatic heterocycles. The van der Waals surface area contributed by atoms with Crippen LogP contribution in [0.3, 0.4) is 0 Å². The topological polar surface area (TPSA) is 61.2 Å². The summed E-state index contributed by atoms with van der Waals surface area (Å²) in [6.45, 7) is 2.83. The Bertz CT molecular complexity index is 515. The number of hydrogen-bond donors (Lipinski definition) is 0. The van der Waals surface area contributed by atoms with Crippen molar-refractivity contribution in [3.05, 3.63) is 29.8 Å². The van der Waals surface area contributed by atoms with E-state index in [0.717, 1.165) is 18.5 Å². The summed E-state index contributed by atoms with van der Waals surface area (Å²) in [5.41, 5.74) is 1.08. The lowest BCUT2D eigenvalue weighted by Gasteiger charge is -2.12. The van der Waals surface area contributed by atoms with E-state index in [1.807, 2.05) is 24.1 Å². The Morgan fingerprint density at radius 1 is 1.28 bits per heavy atom. The smallest absolute Gasteiger partial charge is 0.178 e. The van der Waals surface area contributed by atoms with Gasteiger partial charge in [-0.3, -0.25) is 4.90 Å². The average Bonchev–Trinajstić information content (AvgIpc) is 2.37. The molecule has 4 nitrogen and oxygen atoms in total. The van der Waals surface area contributed by atoms with Crippen LogP contribution in [0.2, 0.25) is 0 Å². The van der Waals surface area contributed by atoms with Crippen molar-refractivity contribution in [3.8, 4) is 6.07 Å². The molecule has 0 amide bonds. The minimum atomic E-state index is -3.11. The third kappa shape index (κ3) is 4.13. The van der Waals surface area contributed by atoms with Crippen molar-refractivity contribution >= 4 is 9.84 Å². The largest absolute Gasteiger partial charge is 0.293 e. The Morgan fingerprint density at radius 3 is 2.39 bits per heavy atom. The first-order chi connectivity index (χ1) is 8.49. The molecule has 0 fully saturated rings. The van der Waals surface area contributed by atoms with Crippen LogP contribution < -0.4 is 0 Å². The van der Waals surface area contributed by atoms with Gasteiger partial charge in [0, 0.05) is 6.54 Å². The summed E-state index contributed by atoms with van der Waals surface area (Å²) in [6, 6.07) is 9.06. The first kappa shape index (κ1) is 14.7. The van der Waals surface area contributed by atoms with Crippen molar-refractivity contribution in [2.75, 3.05) is 25.9 Å². The van der Waals surface area contributed by atoms with E-state index in [-0.39, 0.29) is 5.75 Å². The van der Waals surface area contributed by atoms with Gasteiger partial charge < -0.3 is 0 Å². The summed E-state index contributed by atoms with van der Waals surface area (Å²) < 4.78 is 23.2. The lowest BCUT2D eigenvalue weighted by atomic mass is 10.1. The minimum Gasteiger partial charge on any atom is -0.293 e. The molecule has 0 spiro atoms. The first-order valence-corrected chi connectivity index (χ1v) is 7.52. The number of rotatable bonds is 6. The lowest BCUT2D eigenvalue weighted by Crippen LogP contribution is -2.21. The number of nitriles is 1. The van der Waals surface area contributed by atoms with Crippen LogP contribution in [0, 0.1) is 11.3 Å². The van der Waals surface area contributed by atoms with Crippen molar-refractivity contribution in [3.63, 3.8) is 0 Å². The molecule has 98 valence electrons. The van der Waals surface area contributed by atoms with Gasteiger partial charge >= 0.3 is 0 Å². The summed E-state index contributed by atoms with van der Waals surface area (Å²) in [6.07, 6.45) is 0.810. The van der Waals surface area contributed by atoms with E-state index in [0.29, 0.717) is 11.4 Å². The van der Waals surface area contributed by atoms with Crippen LogP contribution in [-0.4, -0.2) is 39.2 Å². The zero-order chi connectivity index (χ0) is 13.6. The molecule has 1 rings (SSSR count).